The Hall–Kier alpha value is -1.36. The van der Waals surface area contributed by atoms with Crippen LogP contribution in [0.5, 0.6) is 0 Å². The molecular weight excluding hydrogens is 218 g/mol. The van der Waals surface area contributed by atoms with E-state index in [2.05, 4.69) is 17.4 Å². The van der Waals surface area contributed by atoms with Gasteiger partial charge in [-0.3, -0.25) is 4.79 Å². The van der Waals surface area contributed by atoms with Gasteiger partial charge in [-0.25, -0.2) is 0 Å². The molecule has 2 N–H and O–H groups in total. The lowest BCUT2D eigenvalue weighted by Gasteiger charge is -2.29. The van der Waals surface area contributed by atoms with Crippen molar-refractivity contribution in [2.45, 2.75) is 39.2 Å². The summed E-state index contributed by atoms with van der Waals surface area (Å²) in [5.74, 6) is 1.23. The first-order chi connectivity index (χ1) is 8.15. The van der Waals surface area contributed by atoms with Crippen molar-refractivity contribution in [3.8, 4) is 0 Å². The van der Waals surface area contributed by atoms with Gasteiger partial charge >= 0.3 is 0 Å². The summed E-state index contributed by atoms with van der Waals surface area (Å²) in [6.45, 7) is 5.63. The molecule has 94 valence electrons. The summed E-state index contributed by atoms with van der Waals surface area (Å²) in [6, 6.07) is 2.31. The monoisotopic (exact) mass is 238 g/mol. The summed E-state index contributed by atoms with van der Waals surface area (Å²) in [6.07, 6.45) is 3.72. The zero-order chi connectivity index (χ0) is 12.3. The van der Waals surface area contributed by atoms with Gasteiger partial charge in [0.2, 0.25) is 0 Å². The van der Waals surface area contributed by atoms with E-state index in [0.29, 0.717) is 24.2 Å². The number of piperidine rings is 1. The highest BCUT2D eigenvalue weighted by atomic mass is 16.5. The quantitative estimate of drug-likeness (QED) is 0.800. The Balaban J connectivity index is 1.84. The van der Waals surface area contributed by atoms with Gasteiger partial charge in [-0.15, -0.1) is 0 Å². The lowest BCUT2D eigenvalue weighted by Crippen LogP contribution is -3.17. The molecule has 1 amide bonds. The maximum absolute atomic E-state index is 11.8. The minimum Gasteiger partial charge on any atom is -0.360 e. The largest absolute Gasteiger partial charge is 0.360 e. The van der Waals surface area contributed by atoms with Crippen LogP contribution in [0.15, 0.2) is 10.6 Å². The van der Waals surface area contributed by atoms with Crippen molar-refractivity contribution in [3.05, 3.63) is 11.8 Å². The van der Waals surface area contributed by atoms with Crippen molar-refractivity contribution >= 4 is 11.7 Å². The molecule has 1 fully saturated rings. The second-order valence-electron chi connectivity index (χ2n) is 4.85. The Morgan fingerprint density at radius 2 is 2.47 bits per heavy atom. The van der Waals surface area contributed by atoms with Gasteiger partial charge in [0, 0.05) is 6.07 Å². The summed E-state index contributed by atoms with van der Waals surface area (Å²) in [5, 5.41) is 6.52. The average Bonchev–Trinajstić information content (AvgIpc) is 2.67. The van der Waals surface area contributed by atoms with Crippen LogP contribution < -0.4 is 10.2 Å². The van der Waals surface area contributed by atoms with Crippen molar-refractivity contribution in [3.63, 3.8) is 0 Å². The number of hydrogen-bond donors (Lipinski definition) is 2. The molecule has 1 aliphatic heterocycles. The van der Waals surface area contributed by atoms with Gasteiger partial charge in [0.15, 0.2) is 12.4 Å². The fourth-order valence-electron chi connectivity index (χ4n) is 2.33. The van der Waals surface area contributed by atoms with Crippen molar-refractivity contribution in [2.24, 2.45) is 0 Å². The Labute approximate surface area is 101 Å². The molecule has 2 heterocycles. The first kappa shape index (κ1) is 12.1. The maximum Gasteiger partial charge on any atom is 0.280 e. The Morgan fingerprint density at radius 1 is 1.65 bits per heavy atom. The molecule has 1 aromatic heterocycles. The van der Waals surface area contributed by atoms with Crippen LogP contribution >= 0.6 is 0 Å². The van der Waals surface area contributed by atoms with Crippen LogP contribution in [-0.2, 0) is 4.79 Å². The SMILES string of the molecule is Cc1cc(NC(=O)C[NH+]2CCCC[C@@H]2C)no1. The van der Waals surface area contributed by atoms with E-state index < -0.39 is 0 Å². The first-order valence-corrected chi connectivity index (χ1v) is 6.23. The molecular formula is C12H20N3O2+. The molecule has 0 spiro atoms. The van der Waals surface area contributed by atoms with E-state index in [1.54, 1.807) is 13.0 Å². The summed E-state index contributed by atoms with van der Waals surface area (Å²) >= 11 is 0. The van der Waals surface area contributed by atoms with Crippen LogP contribution in [0.2, 0.25) is 0 Å². The van der Waals surface area contributed by atoms with E-state index in [1.165, 1.54) is 24.2 Å². The van der Waals surface area contributed by atoms with E-state index in [-0.39, 0.29) is 5.91 Å². The van der Waals surface area contributed by atoms with Gasteiger partial charge in [0.1, 0.15) is 5.76 Å². The third-order valence-electron chi connectivity index (χ3n) is 3.37. The normalized spacial score (nSPS) is 24.6. The molecule has 2 rings (SSSR count). The summed E-state index contributed by atoms with van der Waals surface area (Å²) in [4.78, 5) is 13.2. The van der Waals surface area contributed by atoms with E-state index >= 15 is 0 Å². The van der Waals surface area contributed by atoms with Crippen LogP contribution in [0.1, 0.15) is 31.9 Å². The first-order valence-electron chi connectivity index (χ1n) is 6.23. The van der Waals surface area contributed by atoms with Crippen LogP contribution in [0.4, 0.5) is 5.82 Å². The lowest BCUT2D eigenvalue weighted by atomic mass is 10.0. The Bertz CT molecular complexity index is 389. The number of nitrogens with zero attached hydrogens (tertiary/aromatic N) is 1. The van der Waals surface area contributed by atoms with Gasteiger partial charge < -0.3 is 14.7 Å². The predicted molar refractivity (Wildman–Crippen MR) is 63.9 cm³/mol. The molecule has 5 nitrogen and oxygen atoms in total. The van der Waals surface area contributed by atoms with Crippen molar-refractivity contribution < 1.29 is 14.2 Å². The van der Waals surface area contributed by atoms with Gasteiger partial charge in [0.05, 0.1) is 12.6 Å². The highest BCUT2D eigenvalue weighted by Gasteiger charge is 2.24. The van der Waals surface area contributed by atoms with Gasteiger partial charge in [-0.05, 0) is 33.1 Å². The van der Waals surface area contributed by atoms with Crippen LogP contribution in [0, 0.1) is 6.92 Å². The standard InChI is InChI=1S/C12H19N3O2/c1-9-5-3-4-6-15(9)8-12(16)13-11-7-10(2)17-14-11/h7,9H,3-6,8H2,1-2H3,(H,13,14,16)/p+1/t9-/m0/s1. The molecule has 0 aromatic carbocycles. The molecule has 5 heteroatoms. The number of aromatic nitrogens is 1. The number of nitrogens with one attached hydrogen (secondary N) is 2. The van der Waals surface area contributed by atoms with Crippen molar-refractivity contribution in [1.82, 2.24) is 5.16 Å². The number of carbonyl (C=O) groups is 1. The topological polar surface area (TPSA) is 59.6 Å². The average molecular weight is 238 g/mol. The number of hydrogen-bond acceptors (Lipinski definition) is 3. The number of carbonyl (C=O) groups excluding carboxylic acids is 1. The fraction of sp³-hybridized carbons (Fsp3) is 0.667. The minimum atomic E-state index is 0.0158. The molecule has 1 saturated heterocycles. The molecule has 1 unspecified atom stereocenters. The van der Waals surface area contributed by atoms with Crippen LogP contribution in [-0.4, -0.2) is 30.2 Å². The van der Waals surface area contributed by atoms with E-state index in [9.17, 15) is 4.79 Å². The lowest BCUT2D eigenvalue weighted by molar-refractivity contribution is -0.920. The smallest absolute Gasteiger partial charge is 0.280 e. The fourth-order valence-corrected chi connectivity index (χ4v) is 2.33. The highest BCUT2D eigenvalue weighted by molar-refractivity contribution is 5.90. The zero-order valence-electron chi connectivity index (χ0n) is 10.5. The number of aryl methyl sites for hydroxylation is 1. The van der Waals surface area contributed by atoms with E-state index in [0.717, 1.165) is 6.54 Å². The number of quaternary nitrogens is 1. The third-order valence-corrected chi connectivity index (χ3v) is 3.37. The summed E-state index contributed by atoms with van der Waals surface area (Å²) in [5.41, 5.74) is 0. The van der Waals surface area contributed by atoms with Gasteiger partial charge in [-0.2, -0.15) is 0 Å². The Kier molecular flexibility index (Phi) is 3.78. The molecule has 17 heavy (non-hydrogen) atoms. The van der Waals surface area contributed by atoms with Gasteiger partial charge in [-0.1, -0.05) is 5.16 Å². The maximum atomic E-state index is 11.8. The van der Waals surface area contributed by atoms with Crippen LogP contribution in [0.3, 0.4) is 0 Å². The third kappa shape index (κ3) is 3.30. The van der Waals surface area contributed by atoms with Gasteiger partial charge in [0.25, 0.3) is 5.91 Å². The molecule has 0 aliphatic carbocycles. The van der Waals surface area contributed by atoms with Crippen molar-refractivity contribution in [1.29, 1.82) is 0 Å². The van der Waals surface area contributed by atoms with E-state index in [4.69, 9.17) is 4.52 Å². The predicted octanol–water partition coefficient (Wildman–Crippen LogP) is 0.379. The Morgan fingerprint density at radius 3 is 3.12 bits per heavy atom. The molecule has 1 aliphatic rings. The molecule has 0 bridgehead atoms. The van der Waals surface area contributed by atoms with Crippen molar-refractivity contribution in [2.75, 3.05) is 18.4 Å². The van der Waals surface area contributed by atoms with E-state index in [1.807, 2.05) is 0 Å². The number of amides is 1. The minimum absolute atomic E-state index is 0.0158. The number of rotatable bonds is 3. The second-order valence-corrected chi connectivity index (χ2v) is 4.85. The highest BCUT2D eigenvalue weighted by Crippen LogP contribution is 2.06. The molecule has 0 radical (unpaired) electrons. The summed E-state index contributed by atoms with van der Waals surface area (Å²) < 4.78 is 4.90. The molecule has 0 saturated carbocycles. The summed E-state index contributed by atoms with van der Waals surface area (Å²) in [7, 11) is 0. The number of anilines is 1. The van der Waals surface area contributed by atoms with Crippen LogP contribution in [0.25, 0.3) is 0 Å². The number of likely N-dealkylation sites (tertiary alicyclic amines) is 1. The second kappa shape index (κ2) is 5.31. The zero-order valence-corrected chi connectivity index (χ0v) is 10.5. The molecule has 1 aromatic rings. The molecule has 2 atom stereocenters.